The normalized spacial score (nSPS) is 18.6. The van der Waals surface area contributed by atoms with E-state index >= 15 is 0 Å². The molecule has 0 bridgehead atoms. The van der Waals surface area contributed by atoms with Gasteiger partial charge in [0.15, 0.2) is 0 Å². The molecule has 1 aromatic rings. The van der Waals surface area contributed by atoms with Gasteiger partial charge in [0.2, 0.25) is 0 Å². The number of nitrogens with one attached hydrogen (secondary N) is 1. The Kier molecular flexibility index (Phi) is 4.24. The lowest BCUT2D eigenvalue weighted by Gasteiger charge is -2.29. The first kappa shape index (κ1) is 12.2. The number of anilines is 1. The smallest absolute Gasteiger partial charge is 0.0470 e. The Hall–Kier alpha value is -1.24. The van der Waals surface area contributed by atoms with Crippen LogP contribution in [0.5, 0.6) is 0 Å². The molecule has 0 radical (unpaired) electrons. The number of rotatable bonds is 4. The second-order valence-corrected chi connectivity index (χ2v) is 5.17. The summed E-state index contributed by atoms with van der Waals surface area (Å²) in [4.78, 5) is 0. The van der Waals surface area contributed by atoms with Crippen molar-refractivity contribution in [1.29, 1.82) is 0 Å². The fourth-order valence-corrected chi connectivity index (χ4v) is 2.70. The van der Waals surface area contributed by atoms with Crippen molar-refractivity contribution >= 4 is 5.69 Å². The van der Waals surface area contributed by atoms with Crippen LogP contribution in [0, 0.1) is 12.8 Å². The van der Waals surface area contributed by atoms with Crippen LogP contribution in [0.1, 0.15) is 37.7 Å². The summed E-state index contributed by atoms with van der Waals surface area (Å²) in [5.74, 6) is 0.766. The van der Waals surface area contributed by atoms with Crippen LogP contribution in [-0.4, -0.2) is 6.04 Å². The molecule has 1 N–H and O–H groups in total. The molecule has 1 aliphatic carbocycles. The first-order valence-electron chi connectivity index (χ1n) is 6.75. The van der Waals surface area contributed by atoms with Crippen molar-refractivity contribution in [3.05, 3.63) is 42.5 Å². The highest BCUT2D eigenvalue weighted by Gasteiger charge is 2.20. The lowest BCUT2D eigenvalue weighted by atomic mass is 9.84. The van der Waals surface area contributed by atoms with Crippen LogP contribution in [-0.2, 0) is 0 Å². The zero-order chi connectivity index (χ0) is 12.1. The third kappa shape index (κ3) is 3.36. The summed E-state index contributed by atoms with van der Waals surface area (Å²) in [5, 5.41) is 3.61. The predicted molar refractivity (Wildman–Crippen MR) is 75.4 cm³/mol. The summed E-state index contributed by atoms with van der Waals surface area (Å²) >= 11 is 0. The van der Waals surface area contributed by atoms with Crippen LogP contribution >= 0.6 is 0 Å². The minimum Gasteiger partial charge on any atom is -0.379 e. The summed E-state index contributed by atoms with van der Waals surface area (Å²) < 4.78 is 0. The van der Waals surface area contributed by atoms with Crippen molar-refractivity contribution in [3.63, 3.8) is 0 Å². The molecule has 1 nitrogen and oxygen atoms in total. The highest BCUT2D eigenvalue weighted by atomic mass is 14.9. The number of hydrogen-bond acceptors (Lipinski definition) is 1. The van der Waals surface area contributed by atoms with Gasteiger partial charge in [-0.25, -0.2) is 0 Å². The van der Waals surface area contributed by atoms with E-state index in [-0.39, 0.29) is 0 Å². The van der Waals surface area contributed by atoms with Crippen molar-refractivity contribution in [2.75, 3.05) is 5.32 Å². The fraction of sp³-hybridized carbons (Fsp3) is 0.500. The van der Waals surface area contributed by atoms with Gasteiger partial charge in [-0.3, -0.25) is 0 Å². The van der Waals surface area contributed by atoms with Crippen LogP contribution in [0.2, 0.25) is 0 Å². The van der Waals surface area contributed by atoms with Gasteiger partial charge in [-0.1, -0.05) is 43.0 Å². The number of aryl methyl sites for hydroxylation is 1. The molecular formula is C16H23N. The average Bonchev–Trinajstić information content (AvgIpc) is 2.39. The largest absolute Gasteiger partial charge is 0.379 e. The van der Waals surface area contributed by atoms with E-state index in [1.54, 1.807) is 0 Å². The third-order valence-electron chi connectivity index (χ3n) is 3.80. The lowest BCUT2D eigenvalue weighted by molar-refractivity contribution is 0.343. The Morgan fingerprint density at radius 1 is 1.18 bits per heavy atom. The van der Waals surface area contributed by atoms with Crippen LogP contribution in [0.4, 0.5) is 5.69 Å². The van der Waals surface area contributed by atoms with Gasteiger partial charge in [0.1, 0.15) is 0 Å². The molecule has 0 spiro atoms. The van der Waals surface area contributed by atoms with E-state index in [1.807, 2.05) is 0 Å². The van der Waals surface area contributed by atoms with Gasteiger partial charge in [0.05, 0.1) is 0 Å². The van der Waals surface area contributed by atoms with Gasteiger partial charge >= 0.3 is 0 Å². The molecule has 1 atom stereocenters. The third-order valence-corrected chi connectivity index (χ3v) is 3.80. The minimum atomic E-state index is 0.429. The topological polar surface area (TPSA) is 12.0 Å². The molecular weight excluding hydrogens is 206 g/mol. The molecule has 0 aromatic heterocycles. The van der Waals surface area contributed by atoms with Crippen molar-refractivity contribution < 1.29 is 0 Å². The Balaban J connectivity index is 1.98. The second kappa shape index (κ2) is 5.90. The molecule has 0 unspecified atom stereocenters. The van der Waals surface area contributed by atoms with Gasteiger partial charge in [-0.2, -0.15) is 0 Å². The van der Waals surface area contributed by atoms with Gasteiger partial charge in [0.25, 0.3) is 0 Å². The predicted octanol–water partition coefficient (Wildman–Crippen LogP) is 4.54. The molecule has 0 saturated heterocycles. The second-order valence-electron chi connectivity index (χ2n) is 5.17. The van der Waals surface area contributed by atoms with E-state index in [0.717, 1.165) is 5.92 Å². The Morgan fingerprint density at radius 2 is 1.82 bits per heavy atom. The number of hydrogen-bond donors (Lipinski definition) is 1. The van der Waals surface area contributed by atoms with Crippen LogP contribution in [0.15, 0.2) is 36.9 Å². The molecule has 0 heterocycles. The molecule has 0 amide bonds. The van der Waals surface area contributed by atoms with Gasteiger partial charge < -0.3 is 5.32 Å². The van der Waals surface area contributed by atoms with Crippen LogP contribution < -0.4 is 5.32 Å². The van der Waals surface area contributed by atoms with Crippen molar-refractivity contribution in [2.24, 2.45) is 5.92 Å². The van der Waals surface area contributed by atoms with Crippen molar-refractivity contribution in [2.45, 2.75) is 45.1 Å². The first-order chi connectivity index (χ1) is 8.29. The molecule has 1 aromatic carbocycles. The van der Waals surface area contributed by atoms with Gasteiger partial charge in [-0.15, -0.1) is 6.58 Å². The summed E-state index contributed by atoms with van der Waals surface area (Å²) in [6.07, 6.45) is 8.93. The van der Waals surface area contributed by atoms with E-state index in [9.17, 15) is 0 Å². The zero-order valence-electron chi connectivity index (χ0n) is 10.8. The summed E-state index contributed by atoms with van der Waals surface area (Å²) in [7, 11) is 0. The highest BCUT2D eigenvalue weighted by molar-refractivity contribution is 5.46. The van der Waals surface area contributed by atoms with E-state index < -0.39 is 0 Å². The minimum absolute atomic E-state index is 0.429. The van der Waals surface area contributed by atoms with Crippen LogP contribution in [0.25, 0.3) is 0 Å². The van der Waals surface area contributed by atoms with Crippen molar-refractivity contribution in [1.82, 2.24) is 0 Å². The maximum atomic E-state index is 3.99. The molecule has 0 aliphatic heterocycles. The molecule has 1 heteroatoms. The zero-order valence-corrected chi connectivity index (χ0v) is 10.8. The maximum absolute atomic E-state index is 3.99. The Labute approximate surface area is 105 Å². The monoisotopic (exact) mass is 229 g/mol. The maximum Gasteiger partial charge on any atom is 0.0470 e. The molecule has 17 heavy (non-hydrogen) atoms. The van der Waals surface area contributed by atoms with E-state index in [0.29, 0.717) is 6.04 Å². The average molecular weight is 229 g/mol. The van der Waals surface area contributed by atoms with Crippen molar-refractivity contribution in [3.8, 4) is 0 Å². The van der Waals surface area contributed by atoms with Gasteiger partial charge in [-0.05, 0) is 37.8 Å². The molecule has 1 aliphatic rings. The van der Waals surface area contributed by atoms with E-state index in [4.69, 9.17) is 0 Å². The molecule has 92 valence electrons. The molecule has 1 fully saturated rings. The number of benzene rings is 1. The lowest BCUT2D eigenvalue weighted by Crippen LogP contribution is -2.28. The fourth-order valence-electron chi connectivity index (χ4n) is 2.70. The first-order valence-corrected chi connectivity index (χ1v) is 6.75. The molecule has 2 rings (SSSR count). The summed E-state index contributed by atoms with van der Waals surface area (Å²) in [6.45, 7) is 6.11. The Morgan fingerprint density at radius 3 is 2.41 bits per heavy atom. The summed E-state index contributed by atoms with van der Waals surface area (Å²) in [5.41, 5.74) is 2.52. The van der Waals surface area contributed by atoms with Gasteiger partial charge in [0, 0.05) is 11.7 Å². The standard InChI is InChI=1S/C16H23N/c1-3-16(14-7-5-4-6-8-14)17-15-11-9-13(2)10-12-15/h3,9-12,14,16-17H,1,4-8H2,2H3/t16-/m1/s1. The quantitative estimate of drug-likeness (QED) is 0.747. The SMILES string of the molecule is C=C[C@@H](Nc1ccc(C)cc1)C1CCCCC1. The van der Waals surface area contributed by atoms with Crippen LogP contribution in [0.3, 0.4) is 0 Å². The molecule has 1 saturated carbocycles. The Bertz CT molecular complexity index is 346. The van der Waals surface area contributed by atoms with E-state index in [1.165, 1.54) is 43.4 Å². The van der Waals surface area contributed by atoms with E-state index in [2.05, 4.69) is 49.2 Å². The highest BCUT2D eigenvalue weighted by Crippen LogP contribution is 2.28. The summed E-state index contributed by atoms with van der Waals surface area (Å²) in [6, 6.07) is 9.06.